The van der Waals surface area contributed by atoms with E-state index in [2.05, 4.69) is 89.6 Å². The van der Waals surface area contributed by atoms with Gasteiger partial charge < -0.3 is 9.84 Å². The van der Waals surface area contributed by atoms with Crippen LogP contribution in [0.5, 0.6) is 5.75 Å². The smallest absolute Gasteiger partial charge is 0.387 e. The lowest BCUT2D eigenvalue weighted by Crippen LogP contribution is -2.18. The lowest BCUT2D eigenvalue weighted by Gasteiger charge is -2.15. The third-order valence-electron chi connectivity index (χ3n) is 7.00. The number of ether oxygens (including phenoxy) is 1. The highest BCUT2D eigenvalue weighted by Crippen LogP contribution is 2.36. The van der Waals surface area contributed by atoms with Crippen LogP contribution in [0.1, 0.15) is 96.9 Å². The lowest BCUT2D eigenvalue weighted by molar-refractivity contribution is -0.0498. The molecule has 0 amide bonds. The molecule has 0 radical (unpaired) electrons. The summed E-state index contributed by atoms with van der Waals surface area (Å²) in [6.45, 7) is 36.6. The molecular weight excluding hydrogens is 550 g/mol. The van der Waals surface area contributed by atoms with Crippen molar-refractivity contribution < 1.29 is 18.6 Å². The van der Waals surface area contributed by atoms with Crippen LogP contribution in [-0.2, 0) is 0 Å². The quantitative estimate of drug-likeness (QED) is 0.260. The molecule has 0 aliphatic heterocycles. The Hall–Kier alpha value is -3.24. The molecule has 1 saturated carbocycles. The molecular formula is C40H62F2O2. The van der Waals surface area contributed by atoms with E-state index in [1.165, 1.54) is 53.2 Å². The third kappa shape index (κ3) is 20.6. The predicted octanol–water partition coefficient (Wildman–Crippen LogP) is 12.6. The normalized spacial score (nSPS) is 15.2. The molecule has 2 aromatic carbocycles. The Labute approximate surface area is 270 Å². The molecule has 3 rings (SSSR count). The fourth-order valence-electron chi connectivity index (χ4n) is 3.92. The topological polar surface area (TPSA) is 29.5 Å². The third-order valence-corrected chi connectivity index (χ3v) is 7.00. The van der Waals surface area contributed by atoms with Gasteiger partial charge in [0.25, 0.3) is 0 Å². The van der Waals surface area contributed by atoms with Gasteiger partial charge in [0.05, 0.1) is 5.60 Å². The maximum Gasteiger partial charge on any atom is 0.387 e. The number of aryl methyl sites for hydroxylation is 3. The molecule has 2 atom stereocenters. The molecule has 0 bridgehead atoms. The van der Waals surface area contributed by atoms with Gasteiger partial charge in [0.2, 0.25) is 0 Å². The minimum absolute atomic E-state index is 0.208. The zero-order valence-corrected chi connectivity index (χ0v) is 29.7. The molecule has 248 valence electrons. The summed E-state index contributed by atoms with van der Waals surface area (Å²) in [6.07, 6.45) is 7.93. The molecule has 4 heteroatoms. The van der Waals surface area contributed by atoms with Crippen LogP contribution in [0.2, 0.25) is 0 Å². The molecule has 1 N–H and O–H groups in total. The van der Waals surface area contributed by atoms with Crippen molar-refractivity contribution in [2.45, 2.75) is 108 Å². The molecule has 1 fully saturated rings. The Morgan fingerprint density at radius 2 is 1.61 bits per heavy atom. The monoisotopic (exact) mass is 612 g/mol. The van der Waals surface area contributed by atoms with E-state index in [1.54, 1.807) is 32.9 Å². The average Bonchev–Trinajstić information content (AvgIpc) is 3.30. The number of aliphatic hydroxyl groups is 1. The summed E-state index contributed by atoms with van der Waals surface area (Å²) in [4.78, 5) is 0. The van der Waals surface area contributed by atoms with Crippen molar-refractivity contribution >= 4 is 5.57 Å². The zero-order valence-electron chi connectivity index (χ0n) is 29.7. The number of hydrogen-bond donors (Lipinski definition) is 1. The minimum Gasteiger partial charge on any atom is -0.435 e. The molecule has 2 unspecified atom stereocenters. The molecule has 1 aliphatic rings. The molecule has 2 aromatic rings. The first-order valence-electron chi connectivity index (χ1n) is 15.5. The standard InChI is InChI=1S/C13H16.C9H16.C8H8F2O.C6H12O.C2H6.C2H4/c1-5-12(6-2)13-8-7-10(3)11(4)9-13;1-4-9-6-7(2)5-8(9)3;1-6-3-2-4-7(5-6)11-8(9)10;1-5(2)6(3,4)7;2*1-2/h5-9H,1H2,2-4H3;7,9H,3-6H2,1-2H3;2-5,8H,1H3;7H,1H2,2-4H3;1-2H3;1-2H2/b12-6+;;;;;. The van der Waals surface area contributed by atoms with Crippen molar-refractivity contribution in [3.63, 3.8) is 0 Å². The van der Waals surface area contributed by atoms with Crippen molar-refractivity contribution in [2.75, 3.05) is 0 Å². The fourth-order valence-corrected chi connectivity index (χ4v) is 3.92. The van der Waals surface area contributed by atoms with Crippen LogP contribution >= 0.6 is 0 Å². The van der Waals surface area contributed by atoms with Crippen LogP contribution < -0.4 is 4.74 Å². The summed E-state index contributed by atoms with van der Waals surface area (Å²) in [5.41, 5.74) is 7.62. The van der Waals surface area contributed by atoms with Gasteiger partial charge in [-0.3, -0.25) is 0 Å². The molecule has 0 aromatic heterocycles. The van der Waals surface area contributed by atoms with Gasteiger partial charge in [0.1, 0.15) is 5.75 Å². The van der Waals surface area contributed by atoms with Gasteiger partial charge in [-0.05, 0) is 125 Å². The Balaban J connectivity index is -0.000000500. The summed E-state index contributed by atoms with van der Waals surface area (Å²) < 4.78 is 27.4. The van der Waals surface area contributed by atoms with Gasteiger partial charge >= 0.3 is 6.61 Å². The fraction of sp³-hybridized carbons (Fsp3) is 0.450. The van der Waals surface area contributed by atoms with Crippen LogP contribution in [0.4, 0.5) is 8.78 Å². The van der Waals surface area contributed by atoms with Crippen LogP contribution in [0.3, 0.4) is 0 Å². The molecule has 0 saturated heterocycles. The average molecular weight is 613 g/mol. The number of alkyl halides is 2. The number of halogens is 2. The van der Waals surface area contributed by atoms with E-state index in [4.69, 9.17) is 5.11 Å². The van der Waals surface area contributed by atoms with Crippen LogP contribution in [0, 0.1) is 32.6 Å². The van der Waals surface area contributed by atoms with Crippen molar-refractivity contribution in [3.05, 3.63) is 121 Å². The second-order valence-corrected chi connectivity index (χ2v) is 11.1. The Morgan fingerprint density at radius 1 is 1.07 bits per heavy atom. The van der Waals surface area contributed by atoms with E-state index < -0.39 is 12.2 Å². The first kappa shape index (κ1) is 45.2. The molecule has 1 aliphatic carbocycles. The van der Waals surface area contributed by atoms with E-state index in [9.17, 15) is 8.78 Å². The SMILES string of the molecule is C=C.C=C(C)C(C)(C)O.C=C/C(=C\C)c1ccc(C)c(C)c1.C=C1CC(C)CC1CC.CC.Cc1cccc(OC(F)F)c1. The molecule has 0 heterocycles. The van der Waals surface area contributed by atoms with E-state index in [0.717, 1.165) is 23.0 Å². The molecule has 2 nitrogen and oxygen atoms in total. The van der Waals surface area contributed by atoms with Gasteiger partial charge in [-0.2, -0.15) is 8.78 Å². The summed E-state index contributed by atoms with van der Waals surface area (Å²) in [5.74, 6) is 1.96. The number of allylic oxidation sites excluding steroid dienone is 4. The van der Waals surface area contributed by atoms with Gasteiger partial charge in [-0.1, -0.05) is 95.5 Å². The van der Waals surface area contributed by atoms with Crippen molar-refractivity contribution in [2.24, 2.45) is 11.8 Å². The maximum absolute atomic E-state index is 11.6. The minimum atomic E-state index is -2.74. The van der Waals surface area contributed by atoms with Gasteiger partial charge in [-0.25, -0.2) is 0 Å². The second-order valence-electron chi connectivity index (χ2n) is 11.1. The van der Waals surface area contributed by atoms with E-state index >= 15 is 0 Å². The van der Waals surface area contributed by atoms with Gasteiger partial charge in [-0.15, -0.1) is 13.2 Å². The highest BCUT2D eigenvalue weighted by atomic mass is 19.3. The van der Waals surface area contributed by atoms with Crippen LogP contribution in [0.15, 0.2) is 98.7 Å². The van der Waals surface area contributed by atoms with E-state index in [-0.39, 0.29) is 5.75 Å². The van der Waals surface area contributed by atoms with Crippen molar-refractivity contribution in [3.8, 4) is 5.75 Å². The first-order valence-corrected chi connectivity index (χ1v) is 15.5. The summed E-state index contributed by atoms with van der Waals surface area (Å²) in [7, 11) is 0. The van der Waals surface area contributed by atoms with Crippen molar-refractivity contribution in [1.29, 1.82) is 0 Å². The zero-order chi connectivity index (χ0) is 35.0. The largest absolute Gasteiger partial charge is 0.435 e. The molecule has 44 heavy (non-hydrogen) atoms. The number of benzene rings is 2. The Morgan fingerprint density at radius 3 is 1.93 bits per heavy atom. The van der Waals surface area contributed by atoms with Crippen LogP contribution in [0.25, 0.3) is 5.57 Å². The summed E-state index contributed by atoms with van der Waals surface area (Å²) >= 11 is 0. The highest BCUT2D eigenvalue weighted by Gasteiger charge is 2.22. The number of rotatable bonds is 6. The molecule has 0 spiro atoms. The predicted molar refractivity (Wildman–Crippen MR) is 193 cm³/mol. The lowest BCUT2D eigenvalue weighted by atomic mass is 10.0. The summed E-state index contributed by atoms with van der Waals surface area (Å²) in [6, 6.07) is 13.0. The van der Waals surface area contributed by atoms with Gasteiger partial charge in [0, 0.05) is 0 Å². The highest BCUT2D eigenvalue weighted by molar-refractivity contribution is 5.73. The Kier molecular flexibility index (Phi) is 25.8. The van der Waals surface area contributed by atoms with Gasteiger partial charge in [0.15, 0.2) is 0 Å². The van der Waals surface area contributed by atoms with Crippen LogP contribution in [-0.4, -0.2) is 17.3 Å². The summed E-state index contributed by atoms with van der Waals surface area (Å²) in [5, 5.41) is 9.00. The van der Waals surface area contributed by atoms with E-state index in [0.29, 0.717) is 0 Å². The first-order chi connectivity index (χ1) is 20.5. The van der Waals surface area contributed by atoms with E-state index in [1.807, 2.05) is 39.8 Å². The van der Waals surface area contributed by atoms with Crippen molar-refractivity contribution in [1.82, 2.24) is 0 Å². The maximum atomic E-state index is 11.6. The second kappa shape index (κ2) is 25.1. The number of hydrogen-bond acceptors (Lipinski definition) is 2. The Bertz CT molecular complexity index is 1120.